The van der Waals surface area contributed by atoms with Gasteiger partial charge in [-0.25, -0.2) is 9.98 Å². The molecule has 0 spiro atoms. The minimum Gasteiger partial charge on any atom is -0.496 e. The van der Waals surface area contributed by atoms with Crippen molar-refractivity contribution in [1.29, 1.82) is 0 Å². The van der Waals surface area contributed by atoms with Crippen LogP contribution < -0.4 is 20.3 Å². The summed E-state index contributed by atoms with van der Waals surface area (Å²) in [6.07, 6.45) is 2.50. The van der Waals surface area contributed by atoms with Crippen molar-refractivity contribution < 1.29 is 4.74 Å². The molecule has 2 aromatic rings. The molecule has 1 aliphatic rings. The number of methoxy groups -OCH3 is 1. The van der Waals surface area contributed by atoms with Gasteiger partial charge in [0, 0.05) is 38.1 Å². The van der Waals surface area contributed by atoms with E-state index < -0.39 is 0 Å². The van der Waals surface area contributed by atoms with Crippen LogP contribution >= 0.6 is 11.3 Å². The molecule has 1 aromatic heterocycles. The molecule has 3 rings (SSSR count). The number of thiazole rings is 1. The number of ether oxygens (including phenoxy) is 1. The summed E-state index contributed by atoms with van der Waals surface area (Å²) in [5.74, 6) is 1.76. The number of para-hydroxylation sites is 1. The van der Waals surface area contributed by atoms with Gasteiger partial charge >= 0.3 is 0 Å². The zero-order valence-corrected chi connectivity index (χ0v) is 19.3. The van der Waals surface area contributed by atoms with Gasteiger partial charge in [0.1, 0.15) is 5.75 Å². The predicted octanol–water partition coefficient (Wildman–Crippen LogP) is 3.11. The minimum atomic E-state index is 0.243. The van der Waals surface area contributed by atoms with E-state index in [-0.39, 0.29) is 6.04 Å². The van der Waals surface area contributed by atoms with Crippen LogP contribution in [0, 0.1) is 0 Å². The van der Waals surface area contributed by atoms with E-state index in [0.717, 1.165) is 48.7 Å². The molecule has 0 saturated carbocycles. The summed E-state index contributed by atoms with van der Waals surface area (Å²) in [6.45, 7) is 6.46. The number of hydrogen-bond acceptors (Lipinski definition) is 6. The standard InChI is InChI=1S/C22H34N6OS/c1-5-23-21(24-14-17-16-30-22(26-17)27(2)3)25-15-19(28-12-8-9-13-28)18-10-6-7-11-20(18)29-4/h6-7,10-11,16,19H,5,8-9,12-15H2,1-4H3,(H2,23,24,25). The maximum atomic E-state index is 5.66. The first kappa shape index (κ1) is 22.4. The summed E-state index contributed by atoms with van der Waals surface area (Å²) >= 11 is 1.64. The molecule has 0 amide bonds. The van der Waals surface area contributed by atoms with Crippen LogP contribution in [0.25, 0.3) is 0 Å². The van der Waals surface area contributed by atoms with Gasteiger partial charge in [0.2, 0.25) is 0 Å². The summed E-state index contributed by atoms with van der Waals surface area (Å²) in [4.78, 5) is 14.0. The van der Waals surface area contributed by atoms with E-state index in [0.29, 0.717) is 6.54 Å². The Bertz CT molecular complexity index is 815. The molecule has 30 heavy (non-hydrogen) atoms. The van der Waals surface area contributed by atoms with E-state index in [1.165, 1.54) is 18.4 Å². The fourth-order valence-electron chi connectivity index (χ4n) is 3.70. The lowest BCUT2D eigenvalue weighted by atomic mass is 10.0. The molecule has 1 aliphatic heterocycles. The number of nitrogens with one attached hydrogen (secondary N) is 2. The zero-order chi connectivity index (χ0) is 21.3. The number of anilines is 1. The van der Waals surface area contributed by atoms with Crippen LogP contribution in [0.15, 0.2) is 34.6 Å². The molecule has 8 heteroatoms. The molecule has 1 fully saturated rings. The fraction of sp³-hybridized carbons (Fsp3) is 0.545. The lowest BCUT2D eigenvalue weighted by Crippen LogP contribution is -2.42. The summed E-state index contributed by atoms with van der Waals surface area (Å²) in [5.41, 5.74) is 2.21. The number of nitrogens with zero attached hydrogens (tertiary/aromatic N) is 4. The van der Waals surface area contributed by atoms with E-state index in [4.69, 9.17) is 9.73 Å². The Kier molecular flexibility index (Phi) is 8.33. The van der Waals surface area contributed by atoms with Crippen molar-refractivity contribution in [1.82, 2.24) is 20.5 Å². The van der Waals surface area contributed by atoms with Crippen LogP contribution in [0.3, 0.4) is 0 Å². The molecule has 1 atom stereocenters. The van der Waals surface area contributed by atoms with Gasteiger partial charge in [-0.1, -0.05) is 18.2 Å². The van der Waals surface area contributed by atoms with Crippen LogP contribution in [-0.2, 0) is 6.54 Å². The Morgan fingerprint density at radius 2 is 2.03 bits per heavy atom. The van der Waals surface area contributed by atoms with Crippen LogP contribution in [0.2, 0.25) is 0 Å². The van der Waals surface area contributed by atoms with Crippen molar-refractivity contribution in [3.63, 3.8) is 0 Å². The van der Waals surface area contributed by atoms with Crippen LogP contribution in [0.5, 0.6) is 5.75 Å². The van der Waals surface area contributed by atoms with Crippen molar-refractivity contribution in [2.45, 2.75) is 32.4 Å². The minimum absolute atomic E-state index is 0.243. The Balaban J connectivity index is 1.72. The van der Waals surface area contributed by atoms with E-state index in [1.54, 1.807) is 18.4 Å². The van der Waals surface area contributed by atoms with Gasteiger partial charge in [-0.3, -0.25) is 4.90 Å². The molecule has 0 radical (unpaired) electrons. The predicted molar refractivity (Wildman–Crippen MR) is 126 cm³/mol. The largest absolute Gasteiger partial charge is 0.496 e. The molecule has 1 unspecified atom stereocenters. The number of hydrogen-bond donors (Lipinski definition) is 2. The third kappa shape index (κ3) is 5.86. The summed E-state index contributed by atoms with van der Waals surface area (Å²) in [6, 6.07) is 8.57. The number of aromatic nitrogens is 1. The molecule has 2 N–H and O–H groups in total. The van der Waals surface area contributed by atoms with Crippen LogP contribution in [0.1, 0.15) is 37.1 Å². The van der Waals surface area contributed by atoms with Crippen molar-refractivity contribution in [2.75, 3.05) is 52.3 Å². The van der Waals surface area contributed by atoms with Crippen LogP contribution in [-0.4, -0.2) is 63.2 Å². The molecule has 0 aliphatic carbocycles. The van der Waals surface area contributed by atoms with Gasteiger partial charge in [0.05, 0.1) is 25.4 Å². The van der Waals surface area contributed by atoms with Gasteiger partial charge in [0.25, 0.3) is 0 Å². The van der Waals surface area contributed by atoms with Crippen LogP contribution in [0.4, 0.5) is 5.13 Å². The Morgan fingerprint density at radius 3 is 2.70 bits per heavy atom. The molecular weight excluding hydrogens is 396 g/mol. The maximum absolute atomic E-state index is 5.66. The fourth-order valence-corrected chi connectivity index (χ4v) is 4.45. The molecule has 7 nitrogen and oxygen atoms in total. The number of aliphatic imine (C=N–C) groups is 1. The van der Waals surface area contributed by atoms with Gasteiger partial charge in [-0.05, 0) is 38.9 Å². The second kappa shape index (κ2) is 11.2. The van der Waals surface area contributed by atoms with E-state index >= 15 is 0 Å². The topological polar surface area (TPSA) is 65.0 Å². The highest BCUT2D eigenvalue weighted by Crippen LogP contribution is 2.31. The first-order valence-electron chi connectivity index (χ1n) is 10.6. The summed E-state index contributed by atoms with van der Waals surface area (Å²) in [5, 5.41) is 9.99. The highest BCUT2D eigenvalue weighted by Gasteiger charge is 2.26. The quantitative estimate of drug-likeness (QED) is 0.471. The van der Waals surface area contributed by atoms with Gasteiger partial charge in [0.15, 0.2) is 11.1 Å². The highest BCUT2D eigenvalue weighted by molar-refractivity contribution is 7.13. The molecule has 2 heterocycles. The SMILES string of the molecule is CCNC(=NCc1csc(N(C)C)n1)NCC(c1ccccc1OC)N1CCCC1. The monoisotopic (exact) mass is 430 g/mol. The number of benzene rings is 1. The maximum Gasteiger partial charge on any atom is 0.191 e. The second-order valence-corrected chi connectivity index (χ2v) is 8.43. The number of guanidine groups is 1. The third-order valence-electron chi connectivity index (χ3n) is 5.21. The second-order valence-electron chi connectivity index (χ2n) is 7.59. The van der Waals surface area contributed by atoms with E-state index in [1.807, 2.05) is 31.1 Å². The van der Waals surface area contributed by atoms with Crippen molar-refractivity contribution >= 4 is 22.4 Å². The normalized spacial score (nSPS) is 15.8. The number of rotatable bonds is 9. The molecule has 0 bridgehead atoms. The summed E-state index contributed by atoms with van der Waals surface area (Å²) < 4.78 is 5.66. The van der Waals surface area contributed by atoms with Crippen molar-refractivity contribution in [3.05, 3.63) is 40.9 Å². The summed E-state index contributed by atoms with van der Waals surface area (Å²) in [7, 11) is 5.76. The van der Waals surface area contributed by atoms with Crippen molar-refractivity contribution in [2.24, 2.45) is 4.99 Å². The Labute approximate surface area is 184 Å². The smallest absolute Gasteiger partial charge is 0.191 e. The molecule has 1 saturated heterocycles. The number of likely N-dealkylation sites (tertiary alicyclic amines) is 1. The molecular formula is C22H34N6OS. The average Bonchev–Trinajstić information content (AvgIpc) is 3.45. The van der Waals surface area contributed by atoms with Gasteiger partial charge < -0.3 is 20.3 Å². The Hall–Kier alpha value is -2.32. The average molecular weight is 431 g/mol. The molecule has 1 aromatic carbocycles. The third-order valence-corrected chi connectivity index (χ3v) is 6.26. The van der Waals surface area contributed by atoms with E-state index in [2.05, 4.69) is 45.0 Å². The highest BCUT2D eigenvalue weighted by atomic mass is 32.1. The van der Waals surface area contributed by atoms with Gasteiger partial charge in [-0.15, -0.1) is 11.3 Å². The molecule has 164 valence electrons. The lowest BCUT2D eigenvalue weighted by molar-refractivity contribution is 0.239. The van der Waals surface area contributed by atoms with Crippen molar-refractivity contribution in [3.8, 4) is 5.75 Å². The lowest BCUT2D eigenvalue weighted by Gasteiger charge is -2.30. The zero-order valence-electron chi connectivity index (χ0n) is 18.5. The first-order valence-corrected chi connectivity index (χ1v) is 11.5. The van der Waals surface area contributed by atoms with Gasteiger partial charge in [-0.2, -0.15) is 0 Å². The Morgan fingerprint density at radius 1 is 1.27 bits per heavy atom. The van der Waals surface area contributed by atoms with E-state index in [9.17, 15) is 0 Å². The first-order chi connectivity index (χ1) is 14.6.